The molecule has 5 aromatic rings. The first-order chi connectivity index (χ1) is 22.8. The molecule has 0 bridgehead atoms. The molecule has 256 valence electrons. The van der Waals surface area contributed by atoms with Crippen molar-refractivity contribution in [3.05, 3.63) is 184 Å². The molecule has 5 aromatic carbocycles. The van der Waals surface area contributed by atoms with Crippen LogP contribution in [0.15, 0.2) is 133 Å². The van der Waals surface area contributed by atoms with Crippen LogP contribution in [0.1, 0.15) is 94.3 Å². The topological polar surface area (TPSA) is 0 Å². The van der Waals surface area contributed by atoms with Gasteiger partial charge in [-0.05, 0) is 17.4 Å². The molecular formula is C47H48Cl2Zr-2. The van der Waals surface area contributed by atoms with Crippen LogP contribution in [-0.2, 0) is 41.5 Å². The van der Waals surface area contributed by atoms with Gasteiger partial charge in [0.2, 0.25) is 0 Å². The second-order valence-corrected chi connectivity index (χ2v) is 16.2. The Labute approximate surface area is 329 Å². The molecule has 7 rings (SSSR count). The summed E-state index contributed by atoms with van der Waals surface area (Å²) in [6, 6.07) is 46.7. The van der Waals surface area contributed by atoms with E-state index in [4.69, 9.17) is 0 Å². The first kappa shape index (κ1) is 41.3. The molecule has 2 aliphatic carbocycles. The van der Waals surface area contributed by atoms with Gasteiger partial charge in [0.25, 0.3) is 0 Å². The van der Waals surface area contributed by atoms with E-state index >= 15 is 0 Å². The van der Waals surface area contributed by atoms with E-state index < -0.39 is 0 Å². The minimum absolute atomic E-state index is 0. The van der Waals surface area contributed by atoms with Gasteiger partial charge in [0, 0.05) is 0 Å². The van der Waals surface area contributed by atoms with Crippen LogP contribution >= 0.6 is 0 Å². The van der Waals surface area contributed by atoms with Gasteiger partial charge in [0.05, 0.1) is 0 Å². The summed E-state index contributed by atoms with van der Waals surface area (Å²) in [5.41, 5.74) is 15.3. The van der Waals surface area contributed by atoms with Gasteiger partial charge >= 0.3 is 99.2 Å². The summed E-state index contributed by atoms with van der Waals surface area (Å²) in [4.78, 5) is 0. The first-order valence-electron chi connectivity index (χ1n) is 17.1. The number of allylic oxidation sites excluding steroid dienone is 4. The van der Waals surface area contributed by atoms with Crippen LogP contribution in [0.3, 0.4) is 0 Å². The fourth-order valence-electron chi connectivity index (χ4n) is 6.13. The molecule has 0 spiro atoms. The van der Waals surface area contributed by atoms with Crippen molar-refractivity contribution in [3.8, 4) is 11.1 Å². The summed E-state index contributed by atoms with van der Waals surface area (Å²) in [5.74, 6) is 0.468. The molecule has 3 heteroatoms. The number of hydrogen-bond acceptors (Lipinski definition) is 0. The number of fused-ring (bicyclic) bond motifs is 3. The van der Waals surface area contributed by atoms with Crippen LogP contribution in [0.2, 0.25) is 0 Å². The molecule has 0 radical (unpaired) electrons. The third-order valence-electron chi connectivity index (χ3n) is 9.00. The predicted octanol–water partition coefficient (Wildman–Crippen LogP) is 5.93. The van der Waals surface area contributed by atoms with E-state index in [1.807, 2.05) is 6.07 Å². The first-order valence-corrected chi connectivity index (χ1v) is 18.3. The summed E-state index contributed by atoms with van der Waals surface area (Å²) in [7, 11) is 0. The van der Waals surface area contributed by atoms with Crippen molar-refractivity contribution >= 4 is 8.78 Å². The number of hydrogen-bond donors (Lipinski definition) is 0. The van der Waals surface area contributed by atoms with Crippen molar-refractivity contribution < 1.29 is 49.0 Å². The average Bonchev–Trinajstić information content (AvgIpc) is 3.63. The van der Waals surface area contributed by atoms with E-state index in [-0.39, 0.29) is 35.6 Å². The van der Waals surface area contributed by atoms with Crippen molar-refractivity contribution in [2.24, 2.45) is 5.92 Å². The Kier molecular flexibility index (Phi) is 14.8. The van der Waals surface area contributed by atoms with Gasteiger partial charge in [-0.3, -0.25) is 6.08 Å². The third-order valence-corrected chi connectivity index (χ3v) is 10.4. The van der Waals surface area contributed by atoms with Crippen LogP contribution in [0, 0.1) is 18.1 Å². The molecule has 0 aromatic heterocycles. The molecule has 0 amide bonds. The van der Waals surface area contributed by atoms with Crippen LogP contribution in [0.25, 0.3) is 16.7 Å². The van der Waals surface area contributed by atoms with Gasteiger partial charge in [-0.1, -0.05) is 126 Å². The summed E-state index contributed by atoms with van der Waals surface area (Å²) in [5, 5.41) is 0. The Balaban J connectivity index is 0.000000206. The van der Waals surface area contributed by atoms with Crippen molar-refractivity contribution in [1.29, 1.82) is 0 Å². The normalized spacial score (nSPS) is 14.2. The second-order valence-electron chi connectivity index (χ2n) is 14.9. The van der Waals surface area contributed by atoms with E-state index in [1.54, 1.807) is 0 Å². The molecule has 2 aliphatic rings. The summed E-state index contributed by atoms with van der Waals surface area (Å²) < 4.78 is 1.42. The minimum atomic E-state index is 0. The molecule has 1 unspecified atom stereocenters. The summed E-state index contributed by atoms with van der Waals surface area (Å²) in [6.07, 6.45) is 6.69. The zero-order valence-electron chi connectivity index (χ0n) is 30.7. The maximum absolute atomic E-state index is 3.53. The van der Waals surface area contributed by atoms with Crippen LogP contribution in [-0.4, -0.2) is 3.21 Å². The fourth-order valence-corrected chi connectivity index (χ4v) is 6.95. The summed E-state index contributed by atoms with van der Waals surface area (Å²) >= 11 is 1.46. The van der Waals surface area contributed by atoms with Gasteiger partial charge in [-0.15, -0.1) is 11.1 Å². The van der Waals surface area contributed by atoms with Crippen molar-refractivity contribution in [2.45, 2.75) is 72.6 Å². The van der Waals surface area contributed by atoms with Crippen LogP contribution in [0.4, 0.5) is 0 Å². The maximum atomic E-state index is 3.53. The van der Waals surface area contributed by atoms with E-state index in [2.05, 4.69) is 189 Å². The van der Waals surface area contributed by atoms with E-state index in [1.165, 1.54) is 88.7 Å². The van der Waals surface area contributed by atoms with Crippen LogP contribution < -0.4 is 24.8 Å². The predicted molar refractivity (Wildman–Crippen MR) is 203 cm³/mol. The SMILES string of the molecule is CC(C)(C)c1c[c-]c2c(c1)-c1cc(C(C)(C)C)ccc1C2.CC1=[C-]C(C)C=C1c1ccccc1.[Cl-].[Cl-].[Zr+2]=[C](c1ccccc1)c1ccccc1. The molecule has 0 heterocycles. The monoisotopic (exact) mass is 772 g/mol. The van der Waals surface area contributed by atoms with Gasteiger partial charge < -0.3 is 24.8 Å². The van der Waals surface area contributed by atoms with Gasteiger partial charge in [-0.2, -0.15) is 41.0 Å². The van der Waals surface area contributed by atoms with Crippen molar-refractivity contribution in [1.82, 2.24) is 0 Å². The Hall–Kier alpha value is -3.09. The molecule has 0 fully saturated rings. The second kappa shape index (κ2) is 17.9. The summed E-state index contributed by atoms with van der Waals surface area (Å²) in [6.45, 7) is 17.9. The standard InChI is InChI=1S/C21H25.C13H13.C13H10.2ClH.Zr/c1-20(2,3)16-9-7-14-11-15-8-10-17(21(4,5)6)13-19(15)18(14)12-16;1-10-8-11(2)13(9-10)12-6-4-3-5-7-12;1-3-7-12(8-4-1)11-13-9-5-2-6-10-13;;;/h7,9-10,12-13H,11H2,1-6H3;3-7,9-10H,1-2H3;1-10H;2*1H;/q2*-1;;;;+2/p-2. The Morgan fingerprint density at radius 3 is 1.64 bits per heavy atom. The third kappa shape index (κ3) is 10.5. The Morgan fingerprint density at radius 1 is 0.660 bits per heavy atom. The molecule has 0 saturated carbocycles. The molecule has 0 N–H and O–H groups in total. The van der Waals surface area contributed by atoms with E-state index in [0.29, 0.717) is 5.92 Å². The molecule has 1 atom stereocenters. The van der Waals surface area contributed by atoms with Gasteiger partial charge in [-0.25, -0.2) is 5.57 Å². The fraction of sp³-hybridized carbons (Fsp3) is 0.255. The number of rotatable bonds is 3. The molecule has 0 nitrogen and oxygen atoms in total. The van der Waals surface area contributed by atoms with Crippen molar-refractivity contribution in [2.75, 3.05) is 0 Å². The Bertz CT molecular complexity index is 1820. The quantitative estimate of drug-likeness (QED) is 0.196. The van der Waals surface area contributed by atoms with Gasteiger partial charge in [0.1, 0.15) is 0 Å². The average molecular weight is 775 g/mol. The molecule has 0 saturated heterocycles. The zero-order chi connectivity index (χ0) is 34.5. The van der Waals surface area contributed by atoms with Gasteiger partial charge in [0.15, 0.2) is 0 Å². The van der Waals surface area contributed by atoms with E-state index in [9.17, 15) is 0 Å². The number of benzene rings is 5. The Morgan fingerprint density at radius 2 is 1.16 bits per heavy atom. The number of halogens is 2. The molecule has 0 aliphatic heterocycles. The van der Waals surface area contributed by atoms with Crippen LogP contribution in [0.5, 0.6) is 0 Å². The molecule has 50 heavy (non-hydrogen) atoms. The zero-order valence-corrected chi connectivity index (χ0v) is 34.6. The molecular weight excluding hydrogens is 727 g/mol. The van der Waals surface area contributed by atoms with E-state index in [0.717, 1.165) is 6.42 Å². The van der Waals surface area contributed by atoms with Crippen molar-refractivity contribution in [3.63, 3.8) is 0 Å².